The van der Waals surface area contributed by atoms with Crippen LogP contribution in [0.15, 0.2) is 0 Å². The molecule has 0 unspecified atom stereocenters. The maximum atomic E-state index is 11.8. The first kappa shape index (κ1) is 60.0. The molecule has 0 bridgehead atoms. The highest BCUT2D eigenvalue weighted by Crippen LogP contribution is 2.53. The summed E-state index contributed by atoms with van der Waals surface area (Å²) in [5.74, 6) is -1.10. The Kier molecular flexibility index (Phi) is 24.5. The van der Waals surface area contributed by atoms with Crippen molar-refractivity contribution < 1.29 is 76.4 Å². The summed E-state index contributed by atoms with van der Waals surface area (Å²) in [5, 5.41) is 19.8. The van der Waals surface area contributed by atoms with E-state index < -0.39 is 57.4 Å². The number of hydrogen-bond acceptors (Lipinski definition) is 16. The lowest BCUT2D eigenvalue weighted by molar-refractivity contribution is -0.144. The van der Waals surface area contributed by atoms with Crippen LogP contribution in [-0.4, -0.2) is 174 Å². The van der Waals surface area contributed by atoms with Gasteiger partial charge in [0.1, 0.15) is 23.1 Å². The van der Waals surface area contributed by atoms with Gasteiger partial charge in [0.15, 0.2) is 0 Å². The molecular formula is C44H81N3O16S. The van der Waals surface area contributed by atoms with Gasteiger partial charge in [-0.15, -0.1) is 0 Å². The number of aliphatic hydroxyl groups is 2. The normalized spacial score (nSPS) is 20.0. The molecule has 0 aromatic heterocycles. The van der Waals surface area contributed by atoms with E-state index in [1.807, 2.05) is 95.6 Å². The lowest BCUT2D eigenvalue weighted by Crippen LogP contribution is -2.36. The summed E-state index contributed by atoms with van der Waals surface area (Å²) < 4.78 is 34.4. The standard InChI is InChI=1S/2C13H23NO5.C10H17NO3.C8H18O3S/c2*1-13(2,3)19-12(17)14-6-5-9(8-14)10(15)7-11(16)18-4;1-10(2,3)14-9(13)11-5-4-8(6-11)7-12;1-8(2,3)12(5,6)11-7(9)10-4/h2*9-10,15H,5-8H2,1-4H3;7-8H,4-6H2,1-3H3;1-6H3/t9-,10+;9-,10-;8-;/m000./s1. The van der Waals surface area contributed by atoms with Crippen LogP contribution in [0.4, 0.5) is 19.2 Å². The van der Waals surface area contributed by atoms with Crippen LogP contribution in [0.5, 0.6) is 0 Å². The molecule has 3 saturated heterocycles. The predicted octanol–water partition coefficient (Wildman–Crippen LogP) is 6.32. The average Bonchev–Trinajstić information content (AvgIpc) is 3.95. The van der Waals surface area contributed by atoms with E-state index in [0.29, 0.717) is 52.1 Å². The van der Waals surface area contributed by atoms with Gasteiger partial charge in [-0.2, -0.15) is 0 Å². The Bertz CT molecular complexity index is 1450. The zero-order valence-corrected chi connectivity index (χ0v) is 42.4. The Morgan fingerprint density at radius 1 is 0.578 bits per heavy atom. The molecule has 2 N–H and O–H groups in total. The summed E-state index contributed by atoms with van der Waals surface area (Å²) in [4.78, 5) is 83.4. The number of ether oxygens (including phenoxy) is 6. The van der Waals surface area contributed by atoms with Gasteiger partial charge in [0.05, 0.1) is 46.4 Å². The van der Waals surface area contributed by atoms with Crippen LogP contribution < -0.4 is 0 Å². The third-order valence-corrected chi connectivity index (χ3v) is 13.5. The van der Waals surface area contributed by atoms with Gasteiger partial charge < -0.3 is 62.3 Å². The molecule has 0 spiro atoms. The molecule has 0 aliphatic carbocycles. The topological polar surface area (TPSA) is 234 Å². The molecule has 3 aliphatic heterocycles. The monoisotopic (exact) mass is 940 g/mol. The number of methoxy groups -OCH3 is 3. The molecule has 374 valence electrons. The Hall–Kier alpha value is -4.04. The highest BCUT2D eigenvalue weighted by molar-refractivity contribution is 8.30. The Labute approximate surface area is 382 Å². The third kappa shape index (κ3) is 24.3. The first-order chi connectivity index (χ1) is 29.1. The zero-order valence-electron chi connectivity index (χ0n) is 41.6. The van der Waals surface area contributed by atoms with Crippen molar-refractivity contribution in [2.75, 3.05) is 73.1 Å². The molecule has 20 heteroatoms. The second-order valence-electron chi connectivity index (χ2n) is 20.1. The number of aliphatic hydroxyl groups excluding tert-OH is 2. The van der Waals surface area contributed by atoms with Gasteiger partial charge in [0.2, 0.25) is 0 Å². The summed E-state index contributed by atoms with van der Waals surface area (Å²) in [6, 6.07) is 0. The minimum atomic E-state index is -1.38. The van der Waals surface area contributed by atoms with Crippen molar-refractivity contribution in [2.45, 2.75) is 149 Å². The lowest BCUT2D eigenvalue weighted by Gasteiger charge is -2.41. The predicted molar refractivity (Wildman–Crippen MR) is 242 cm³/mol. The quantitative estimate of drug-likeness (QED) is 0.154. The Morgan fingerprint density at radius 2 is 0.906 bits per heavy atom. The van der Waals surface area contributed by atoms with Crippen LogP contribution in [0.1, 0.15) is 115 Å². The van der Waals surface area contributed by atoms with Crippen LogP contribution in [0, 0.1) is 17.8 Å². The highest BCUT2D eigenvalue weighted by Gasteiger charge is 2.36. The number of amides is 3. The molecule has 0 aromatic carbocycles. The van der Waals surface area contributed by atoms with Gasteiger partial charge in [-0.1, -0.05) is 10.3 Å². The largest absolute Gasteiger partial charge is 0.518 e. The second-order valence-corrected chi connectivity index (χ2v) is 24.0. The van der Waals surface area contributed by atoms with Gasteiger partial charge in [-0.25, -0.2) is 19.2 Å². The first-order valence-corrected chi connectivity index (χ1v) is 23.8. The molecule has 3 fully saturated rings. The van der Waals surface area contributed by atoms with Crippen LogP contribution >= 0.6 is 10.3 Å². The van der Waals surface area contributed by atoms with E-state index in [4.69, 9.17) is 18.4 Å². The summed E-state index contributed by atoms with van der Waals surface area (Å²) in [6.45, 7) is 25.5. The fraction of sp³-hybridized carbons (Fsp3) is 0.841. The van der Waals surface area contributed by atoms with Crippen LogP contribution in [0.3, 0.4) is 0 Å². The summed E-state index contributed by atoms with van der Waals surface area (Å²) in [6.07, 6.45) is 3.59. The Balaban J connectivity index is 0.000000842. The van der Waals surface area contributed by atoms with Crippen molar-refractivity contribution in [3.63, 3.8) is 0 Å². The molecule has 5 atom stereocenters. The number of esters is 2. The molecule has 3 rings (SSSR count). The maximum Gasteiger partial charge on any atom is 0.518 e. The smallest absolute Gasteiger partial charge is 0.469 e. The number of hydrogen-bond donors (Lipinski definition) is 2. The summed E-state index contributed by atoms with van der Waals surface area (Å²) in [7, 11) is 2.51. The molecule has 3 amide bonds. The van der Waals surface area contributed by atoms with Crippen molar-refractivity contribution in [3.8, 4) is 0 Å². The van der Waals surface area contributed by atoms with Crippen molar-refractivity contribution in [1.82, 2.24) is 14.7 Å². The molecule has 0 radical (unpaired) electrons. The highest BCUT2D eigenvalue weighted by atomic mass is 32.3. The summed E-state index contributed by atoms with van der Waals surface area (Å²) in [5.41, 5.74) is -1.52. The first-order valence-electron chi connectivity index (χ1n) is 21.5. The third-order valence-electron chi connectivity index (χ3n) is 10.0. The number of nitrogens with zero attached hydrogens (tertiary/aromatic N) is 3. The van der Waals surface area contributed by atoms with Gasteiger partial charge in [0.25, 0.3) is 0 Å². The van der Waals surface area contributed by atoms with E-state index in [9.17, 15) is 43.8 Å². The fourth-order valence-corrected chi connectivity index (χ4v) is 6.41. The summed E-state index contributed by atoms with van der Waals surface area (Å²) >= 11 is 0. The van der Waals surface area contributed by atoms with E-state index in [2.05, 4.69) is 14.2 Å². The molecule has 19 nitrogen and oxygen atoms in total. The number of carbonyl (C=O) groups excluding carboxylic acids is 7. The van der Waals surface area contributed by atoms with E-state index in [1.165, 1.54) is 21.3 Å². The van der Waals surface area contributed by atoms with Gasteiger partial charge >= 0.3 is 36.4 Å². The van der Waals surface area contributed by atoms with Crippen LogP contribution in [-0.2, 0) is 47.0 Å². The van der Waals surface area contributed by atoms with Crippen LogP contribution in [0.25, 0.3) is 0 Å². The number of rotatable bonds is 8. The van der Waals surface area contributed by atoms with Crippen molar-refractivity contribution in [1.29, 1.82) is 0 Å². The van der Waals surface area contributed by atoms with Crippen LogP contribution in [0.2, 0.25) is 0 Å². The minimum Gasteiger partial charge on any atom is -0.469 e. The molecule has 0 saturated carbocycles. The Morgan fingerprint density at radius 3 is 1.17 bits per heavy atom. The van der Waals surface area contributed by atoms with Gasteiger partial charge in [-0.3, -0.25) is 9.59 Å². The number of carbonyl (C=O) groups is 7. The molecule has 0 aromatic rings. The average molecular weight is 940 g/mol. The van der Waals surface area contributed by atoms with E-state index in [0.717, 1.165) is 12.7 Å². The number of aldehydes is 1. The van der Waals surface area contributed by atoms with Gasteiger partial charge in [0, 0.05) is 61.8 Å². The second kappa shape index (κ2) is 26.2. The van der Waals surface area contributed by atoms with Crippen molar-refractivity contribution in [2.24, 2.45) is 17.8 Å². The SMILES string of the molecule is CC(C)(C)OC(=O)N1CC[C@H](C=O)C1.COC(=O)C[C@@H](O)[C@H]1CCN(C(=O)OC(C)(C)C)C1.COC(=O)C[C@H](O)[C@H]1CCN(C(=O)OC(C)(C)C)C1.COC(=O)OS(C)(C)C(C)(C)C. The minimum absolute atomic E-state index is 0.0116. The zero-order chi connectivity index (χ0) is 50.0. The van der Waals surface area contributed by atoms with E-state index in [-0.39, 0.29) is 53.6 Å². The molecule has 3 heterocycles. The number of likely N-dealkylation sites (tertiary alicyclic amines) is 3. The van der Waals surface area contributed by atoms with E-state index in [1.54, 1.807) is 14.7 Å². The van der Waals surface area contributed by atoms with Gasteiger partial charge in [-0.05, 0) is 115 Å². The van der Waals surface area contributed by atoms with Crippen molar-refractivity contribution in [3.05, 3.63) is 0 Å². The maximum absolute atomic E-state index is 11.8. The molecule has 64 heavy (non-hydrogen) atoms. The van der Waals surface area contributed by atoms with Crippen molar-refractivity contribution >= 4 is 53.0 Å². The fourth-order valence-electron chi connectivity index (χ4n) is 5.75. The lowest BCUT2D eigenvalue weighted by atomic mass is 9.99. The molecule has 3 aliphatic rings. The van der Waals surface area contributed by atoms with E-state index >= 15 is 0 Å². The molecular weight excluding hydrogens is 859 g/mol.